The van der Waals surface area contributed by atoms with Gasteiger partial charge in [-0.05, 0) is 55.7 Å². The molecule has 12 heteroatoms. The van der Waals surface area contributed by atoms with Crippen LogP contribution in [0.2, 0.25) is 0 Å². The first-order chi connectivity index (χ1) is 18.9. The van der Waals surface area contributed by atoms with Gasteiger partial charge >= 0.3 is 6.18 Å². The van der Waals surface area contributed by atoms with E-state index in [4.69, 9.17) is 0 Å². The zero-order chi connectivity index (χ0) is 28.9. The molecule has 6 nitrogen and oxygen atoms in total. The van der Waals surface area contributed by atoms with Crippen molar-refractivity contribution < 1.29 is 31.1 Å². The Hall–Kier alpha value is -4.09. The predicted molar refractivity (Wildman–Crippen MR) is 134 cm³/mol. The minimum atomic E-state index is -4.60. The van der Waals surface area contributed by atoms with Crippen molar-refractivity contribution in [1.82, 2.24) is 24.5 Å². The van der Waals surface area contributed by atoms with Gasteiger partial charge in [-0.25, -0.2) is 17.9 Å². The molecule has 2 atom stereocenters. The van der Waals surface area contributed by atoms with E-state index < -0.39 is 35.4 Å². The van der Waals surface area contributed by atoms with Gasteiger partial charge in [-0.1, -0.05) is 19.9 Å². The zero-order valence-corrected chi connectivity index (χ0v) is 21.8. The molecule has 4 aromatic rings. The molecule has 0 saturated heterocycles. The second-order valence-corrected chi connectivity index (χ2v) is 9.69. The first kappa shape index (κ1) is 27.5. The van der Waals surface area contributed by atoms with Crippen LogP contribution in [0.3, 0.4) is 0 Å². The summed E-state index contributed by atoms with van der Waals surface area (Å²) in [5.74, 6) is -4.51. The number of nitrogens with zero attached hydrogens (tertiary/aromatic N) is 5. The Labute approximate surface area is 225 Å². The third-order valence-corrected chi connectivity index (χ3v) is 7.25. The number of benzene rings is 2. The molecule has 1 aliphatic heterocycles. The first-order valence-corrected chi connectivity index (χ1v) is 12.7. The van der Waals surface area contributed by atoms with Gasteiger partial charge in [0, 0.05) is 36.0 Å². The van der Waals surface area contributed by atoms with Gasteiger partial charge in [0.25, 0.3) is 5.91 Å². The highest BCUT2D eigenvalue weighted by Gasteiger charge is 2.40. The van der Waals surface area contributed by atoms with Gasteiger partial charge in [0.05, 0.1) is 23.1 Å². The van der Waals surface area contributed by atoms with E-state index in [0.29, 0.717) is 36.3 Å². The number of alkyl halides is 3. The molecular formula is C28H25F6N5O. The van der Waals surface area contributed by atoms with Crippen LogP contribution >= 0.6 is 0 Å². The Kier molecular flexibility index (Phi) is 6.97. The molecule has 5 rings (SSSR count). The molecule has 0 saturated carbocycles. The molecule has 1 amide bonds. The number of hydrogen-bond acceptors (Lipinski definition) is 3. The first-order valence-electron chi connectivity index (χ1n) is 12.7. The maximum atomic E-state index is 14.1. The van der Waals surface area contributed by atoms with Crippen molar-refractivity contribution in [2.24, 2.45) is 7.05 Å². The normalized spacial score (nSPS) is 17.3. The summed E-state index contributed by atoms with van der Waals surface area (Å²) in [7, 11) is 1.62. The van der Waals surface area contributed by atoms with Crippen LogP contribution in [0, 0.1) is 17.5 Å². The number of aromatic nitrogens is 4. The van der Waals surface area contributed by atoms with Gasteiger partial charge in [0.1, 0.15) is 0 Å². The maximum absolute atomic E-state index is 14.1. The van der Waals surface area contributed by atoms with E-state index in [0.717, 1.165) is 28.4 Å². The van der Waals surface area contributed by atoms with E-state index >= 15 is 0 Å². The lowest BCUT2D eigenvalue weighted by molar-refractivity contribution is -0.141. The molecule has 0 fully saturated rings. The summed E-state index contributed by atoms with van der Waals surface area (Å²) >= 11 is 0. The van der Waals surface area contributed by atoms with Gasteiger partial charge in [-0.2, -0.15) is 23.4 Å². The number of carbonyl (C=O) groups is 1. The lowest BCUT2D eigenvalue weighted by Crippen LogP contribution is -2.47. The topological polar surface area (TPSA) is 56.0 Å². The van der Waals surface area contributed by atoms with E-state index in [-0.39, 0.29) is 23.1 Å². The fourth-order valence-corrected chi connectivity index (χ4v) is 5.42. The Morgan fingerprint density at radius 1 is 1.00 bits per heavy atom. The average Bonchev–Trinajstić information content (AvgIpc) is 3.55. The number of aryl methyl sites for hydroxylation is 1. The van der Waals surface area contributed by atoms with Crippen LogP contribution in [0.15, 0.2) is 48.7 Å². The van der Waals surface area contributed by atoms with Gasteiger partial charge in [0.2, 0.25) is 0 Å². The highest BCUT2D eigenvalue weighted by Crippen LogP contribution is 2.41. The molecule has 0 N–H and O–H groups in total. The number of hydrogen-bond donors (Lipinski definition) is 0. The molecule has 0 aliphatic carbocycles. The van der Waals surface area contributed by atoms with Crippen molar-refractivity contribution in [2.45, 2.75) is 51.4 Å². The van der Waals surface area contributed by atoms with Crippen LogP contribution in [0.1, 0.15) is 60.0 Å². The van der Waals surface area contributed by atoms with Crippen molar-refractivity contribution in [3.63, 3.8) is 0 Å². The van der Waals surface area contributed by atoms with Crippen molar-refractivity contribution in [1.29, 1.82) is 0 Å². The molecule has 0 bridgehead atoms. The summed E-state index contributed by atoms with van der Waals surface area (Å²) in [5.41, 5.74) is 1.39. The molecule has 2 aromatic heterocycles. The second-order valence-electron chi connectivity index (χ2n) is 9.69. The second kappa shape index (κ2) is 10.1. The molecule has 0 spiro atoms. The number of carbonyl (C=O) groups excluding carboxylic acids is 1. The van der Waals surface area contributed by atoms with E-state index in [2.05, 4.69) is 10.2 Å². The van der Waals surface area contributed by atoms with Crippen molar-refractivity contribution in [3.05, 3.63) is 88.6 Å². The maximum Gasteiger partial charge on any atom is 0.435 e. The Morgan fingerprint density at radius 3 is 2.30 bits per heavy atom. The van der Waals surface area contributed by atoms with Gasteiger partial charge < -0.3 is 4.90 Å². The highest BCUT2D eigenvalue weighted by atomic mass is 19.4. The van der Waals surface area contributed by atoms with Crippen molar-refractivity contribution in [3.8, 4) is 16.9 Å². The third-order valence-electron chi connectivity index (χ3n) is 7.25. The standard InChI is InChI=1S/C28H25F6N5O/c1-4-17-14-19-25(36-37(3)26(19)16-12-20(29)24(31)21(30)13-16)22(5-2)39(17)27(40)15-7-6-8-18(11-15)38-10-9-23(35-38)28(32,33)34/h6-13,17,22H,4-5,14H2,1-3H3. The summed E-state index contributed by atoms with van der Waals surface area (Å²) in [6.07, 6.45) is -2.05. The van der Waals surface area contributed by atoms with E-state index in [1.165, 1.54) is 16.9 Å². The average molecular weight is 562 g/mol. The molecule has 210 valence electrons. The smallest absolute Gasteiger partial charge is 0.327 e. The quantitative estimate of drug-likeness (QED) is 0.203. The number of halogens is 6. The minimum absolute atomic E-state index is 0.141. The fourth-order valence-electron chi connectivity index (χ4n) is 5.42. The van der Waals surface area contributed by atoms with Crippen LogP contribution in [0.4, 0.5) is 26.3 Å². The van der Waals surface area contributed by atoms with Crippen molar-refractivity contribution >= 4 is 5.91 Å². The van der Waals surface area contributed by atoms with E-state index in [1.54, 1.807) is 30.1 Å². The van der Waals surface area contributed by atoms with E-state index in [1.807, 2.05) is 13.8 Å². The Balaban J connectivity index is 1.54. The summed E-state index contributed by atoms with van der Waals surface area (Å²) < 4.78 is 83.5. The largest absolute Gasteiger partial charge is 0.435 e. The lowest BCUT2D eigenvalue weighted by Gasteiger charge is -2.41. The third kappa shape index (κ3) is 4.65. The van der Waals surface area contributed by atoms with Gasteiger partial charge in [-0.3, -0.25) is 9.48 Å². The van der Waals surface area contributed by atoms with Crippen LogP contribution in [0.25, 0.3) is 16.9 Å². The minimum Gasteiger partial charge on any atom is -0.327 e. The van der Waals surface area contributed by atoms with Crippen LogP contribution < -0.4 is 0 Å². The monoisotopic (exact) mass is 561 g/mol. The summed E-state index contributed by atoms with van der Waals surface area (Å²) in [5, 5.41) is 8.20. The van der Waals surface area contributed by atoms with Crippen LogP contribution in [-0.2, 0) is 19.6 Å². The molecule has 0 radical (unpaired) electrons. The molecule has 2 aromatic carbocycles. The summed E-state index contributed by atoms with van der Waals surface area (Å²) in [4.78, 5) is 15.6. The summed E-state index contributed by atoms with van der Waals surface area (Å²) in [6.45, 7) is 3.80. The van der Waals surface area contributed by atoms with Crippen molar-refractivity contribution in [2.75, 3.05) is 0 Å². The molecule has 1 aliphatic rings. The van der Waals surface area contributed by atoms with E-state index in [9.17, 15) is 31.1 Å². The number of fused-ring (bicyclic) bond motifs is 1. The molecule has 3 heterocycles. The molecular weight excluding hydrogens is 536 g/mol. The van der Waals surface area contributed by atoms with Crippen LogP contribution in [0.5, 0.6) is 0 Å². The van der Waals surface area contributed by atoms with Gasteiger partial charge in [0.15, 0.2) is 23.1 Å². The SMILES string of the molecule is CCC1Cc2c(nn(C)c2-c2cc(F)c(F)c(F)c2)C(CC)N1C(=O)c1cccc(-n2ccc(C(F)(F)F)n2)c1. The fraction of sp³-hybridized carbons (Fsp3) is 0.321. The Morgan fingerprint density at radius 2 is 1.70 bits per heavy atom. The zero-order valence-electron chi connectivity index (χ0n) is 21.8. The predicted octanol–water partition coefficient (Wildman–Crippen LogP) is 6.64. The summed E-state index contributed by atoms with van der Waals surface area (Å²) in [6, 6.07) is 8.12. The number of rotatable bonds is 5. The molecule has 40 heavy (non-hydrogen) atoms. The van der Waals surface area contributed by atoms with Gasteiger partial charge in [-0.15, -0.1) is 0 Å². The molecule has 2 unspecified atom stereocenters. The number of amides is 1. The van der Waals surface area contributed by atoms with Crippen LogP contribution in [-0.4, -0.2) is 36.4 Å². The Bertz CT molecular complexity index is 1570. The lowest BCUT2D eigenvalue weighted by atomic mass is 9.87. The highest BCUT2D eigenvalue weighted by molar-refractivity contribution is 5.95.